The number of hydrogen-bond acceptors (Lipinski definition) is 5. The van der Waals surface area contributed by atoms with E-state index in [2.05, 4.69) is 5.32 Å². The maximum Gasteiger partial charge on any atom is 0.264 e. The number of aryl methyl sites for hydroxylation is 2. The van der Waals surface area contributed by atoms with Gasteiger partial charge in [0.25, 0.3) is 10.0 Å². The lowest BCUT2D eigenvalue weighted by Gasteiger charge is -2.34. The van der Waals surface area contributed by atoms with Gasteiger partial charge in [0.2, 0.25) is 11.8 Å². The molecule has 0 saturated carbocycles. The van der Waals surface area contributed by atoms with E-state index >= 15 is 0 Å². The van der Waals surface area contributed by atoms with Crippen molar-refractivity contribution in [2.45, 2.75) is 64.1 Å². The third-order valence-electron chi connectivity index (χ3n) is 8.12. The van der Waals surface area contributed by atoms with Gasteiger partial charge in [-0.3, -0.25) is 13.9 Å². The molecule has 0 heterocycles. The van der Waals surface area contributed by atoms with E-state index in [1.807, 2.05) is 82.3 Å². The highest BCUT2D eigenvalue weighted by molar-refractivity contribution is 7.92. The second-order valence-electron chi connectivity index (χ2n) is 11.5. The van der Waals surface area contributed by atoms with Crippen molar-refractivity contribution < 1.29 is 22.7 Å². The number of methoxy groups -OCH3 is 1. The van der Waals surface area contributed by atoms with Crippen LogP contribution < -0.4 is 14.4 Å². The van der Waals surface area contributed by atoms with Gasteiger partial charge in [-0.15, -0.1) is 0 Å². The van der Waals surface area contributed by atoms with Crippen LogP contribution in [0.15, 0.2) is 108 Å². The topological polar surface area (TPSA) is 96.0 Å². The number of ether oxygens (including phenoxy) is 1. The summed E-state index contributed by atoms with van der Waals surface area (Å²) in [6.45, 7) is 7.34. The van der Waals surface area contributed by atoms with E-state index in [4.69, 9.17) is 4.74 Å². The maximum absolute atomic E-state index is 14.6. The summed E-state index contributed by atoms with van der Waals surface area (Å²) in [5.74, 6) is -0.249. The number of nitrogens with one attached hydrogen (secondary N) is 1. The molecule has 0 bridgehead atoms. The molecule has 4 rings (SSSR count). The summed E-state index contributed by atoms with van der Waals surface area (Å²) in [7, 11) is -2.66. The Hall–Kier alpha value is -4.63. The summed E-state index contributed by atoms with van der Waals surface area (Å²) < 4.78 is 34.8. The van der Waals surface area contributed by atoms with E-state index in [0.29, 0.717) is 11.4 Å². The molecule has 2 atom stereocenters. The Morgan fingerprint density at radius 1 is 0.848 bits per heavy atom. The Kier molecular flexibility index (Phi) is 11.6. The average Bonchev–Trinajstić information content (AvgIpc) is 3.06. The normalized spacial score (nSPS) is 12.5. The van der Waals surface area contributed by atoms with Crippen LogP contribution in [0.3, 0.4) is 0 Å². The lowest BCUT2D eigenvalue weighted by atomic mass is 10.0. The Morgan fingerprint density at radius 2 is 1.48 bits per heavy atom. The van der Waals surface area contributed by atoms with Crippen molar-refractivity contribution in [2.75, 3.05) is 18.0 Å². The first-order chi connectivity index (χ1) is 22.0. The molecule has 4 aromatic carbocycles. The van der Waals surface area contributed by atoms with Gasteiger partial charge in [0.05, 0.1) is 17.7 Å². The van der Waals surface area contributed by atoms with E-state index in [0.717, 1.165) is 33.0 Å². The Labute approximate surface area is 273 Å². The molecule has 8 nitrogen and oxygen atoms in total. The molecule has 0 fully saturated rings. The van der Waals surface area contributed by atoms with Crippen molar-refractivity contribution >= 4 is 27.5 Å². The van der Waals surface area contributed by atoms with E-state index in [1.54, 1.807) is 36.4 Å². The van der Waals surface area contributed by atoms with Crippen LogP contribution in [-0.2, 0) is 32.6 Å². The molecule has 4 aromatic rings. The van der Waals surface area contributed by atoms with Crippen LogP contribution in [0.2, 0.25) is 0 Å². The van der Waals surface area contributed by atoms with Crippen LogP contribution in [0.4, 0.5) is 5.69 Å². The molecule has 46 heavy (non-hydrogen) atoms. The monoisotopic (exact) mass is 641 g/mol. The van der Waals surface area contributed by atoms with E-state index < -0.39 is 28.5 Å². The number of hydrogen-bond donors (Lipinski definition) is 1. The minimum Gasteiger partial charge on any atom is -0.497 e. The molecule has 0 spiro atoms. The molecule has 9 heteroatoms. The molecule has 0 aliphatic carbocycles. The largest absolute Gasteiger partial charge is 0.497 e. The van der Waals surface area contributed by atoms with Gasteiger partial charge in [-0.2, -0.15) is 0 Å². The lowest BCUT2D eigenvalue weighted by molar-refractivity contribution is -0.140. The van der Waals surface area contributed by atoms with Gasteiger partial charge in [0.1, 0.15) is 18.3 Å². The average molecular weight is 642 g/mol. The second-order valence-corrected chi connectivity index (χ2v) is 13.4. The molecule has 0 aromatic heterocycles. The fourth-order valence-electron chi connectivity index (χ4n) is 5.08. The zero-order chi connectivity index (χ0) is 33.3. The predicted molar refractivity (Wildman–Crippen MR) is 182 cm³/mol. The van der Waals surface area contributed by atoms with Crippen LogP contribution >= 0.6 is 0 Å². The van der Waals surface area contributed by atoms with E-state index in [-0.39, 0.29) is 29.8 Å². The molecular weight excluding hydrogens is 598 g/mol. The number of rotatable bonds is 14. The summed E-state index contributed by atoms with van der Waals surface area (Å²) in [4.78, 5) is 30.1. The van der Waals surface area contributed by atoms with Crippen molar-refractivity contribution in [2.24, 2.45) is 0 Å². The van der Waals surface area contributed by atoms with Gasteiger partial charge in [-0.05, 0) is 80.3 Å². The predicted octanol–water partition coefficient (Wildman–Crippen LogP) is 6.06. The number of carbonyl (C=O) groups is 2. The number of benzene rings is 4. The van der Waals surface area contributed by atoms with Crippen molar-refractivity contribution in [1.29, 1.82) is 0 Å². The van der Waals surface area contributed by atoms with E-state index in [1.165, 1.54) is 24.1 Å². The van der Waals surface area contributed by atoms with Crippen molar-refractivity contribution in [1.82, 2.24) is 10.2 Å². The molecule has 0 aliphatic rings. The smallest absolute Gasteiger partial charge is 0.264 e. The van der Waals surface area contributed by atoms with E-state index in [9.17, 15) is 18.0 Å². The first-order valence-corrected chi connectivity index (χ1v) is 16.9. The highest BCUT2D eigenvalue weighted by Crippen LogP contribution is 2.27. The molecule has 2 amide bonds. The third kappa shape index (κ3) is 8.54. The number of sulfonamides is 1. The van der Waals surface area contributed by atoms with Crippen LogP contribution in [0.25, 0.3) is 0 Å². The van der Waals surface area contributed by atoms with Crippen molar-refractivity contribution in [3.8, 4) is 5.75 Å². The van der Waals surface area contributed by atoms with Gasteiger partial charge in [-0.1, -0.05) is 79.2 Å². The summed E-state index contributed by atoms with van der Waals surface area (Å²) in [6.07, 6.45) is 0.976. The molecule has 0 radical (unpaired) electrons. The minimum atomic E-state index is -4.18. The summed E-state index contributed by atoms with van der Waals surface area (Å²) >= 11 is 0. The van der Waals surface area contributed by atoms with Gasteiger partial charge in [-0.25, -0.2) is 8.42 Å². The van der Waals surface area contributed by atoms with Crippen LogP contribution in [-0.4, -0.2) is 50.9 Å². The summed E-state index contributed by atoms with van der Waals surface area (Å²) in [5, 5.41) is 3.07. The molecule has 242 valence electrons. The lowest BCUT2D eigenvalue weighted by Crippen LogP contribution is -2.54. The molecular formula is C37H43N3O5S. The first-order valence-electron chi connectivity index (χ1n) is 15.4. The fraction of sp³-hybridized carbons (Fsp3) is 0.297. The Bertz CT molecular complexity index is 1710. The molecule has 0 saturated heterocycles. The van der Waals surface area contributed by atoms with Crippen molar-refractivity contribution in [3.63, 3.8) is 0 Å². The number of carbonyl (C=O) groups excluding carboxylic acids is 2. The van der Waals surface area contributed by atoms with Gasteiger partial charge in [0.15, 0.2) is 0 Å². The fourth-order valence-corrected chi connectivity index (χ4v) is 6.49. The van der Waals surface area contributed by atoms with Crippen LogP contribution in [0.5, 0.6) is 5.75 Å². The molecule has 0 aliphatic heterocycles. The van der Waals surface area contributed by atoms with Gasteiger partial charge >= 0.3 is 0 Å². The highest BCUT2D eigenvalue weighted by Gasteiger charge is 2.35. The third-order valence-corrected chi connectivity index (χ3v) is 9.91. The second kappa shape index (κ2) is 15.6. The molecule has 0 unspecified atom stereocenters. The quantitative estimate of drug-likeness (QED) is 0.181. The number of nitrogens with zero attached hydrogens (tertiary/aromatic N) is 2. The standard InChI is InChI=1S/C37H43N3O5S/c1-6-29(4)38-37(42)35(24-30-13-8-7-9-14-30)39(25-31-15-11-10-12-28(31)3)36(41)26-40(32-18-20-33(45-5)21-19-32)46(43,44)34-22-16-27(2)17-23-34/h7-23,29,35H,6,24-26H2,1-5H3,(H,38,42)/t29-,35+/m0/s1. The summed E-state index contributed by atoms with van der Waals surface area (Å²) in [5.41, 5.74) is 3.91. The summed E-state index contributed by atoms with van der Waals surface area (Å²) in [6, 6.07) is 29.3. The number of amides is 2. The zero-order valence-electron chi connectivity index (χ0n) is 27.1. The Balaban J connectivity index is 1.82. The maximum atomic E-state index is 14.6. The van der Waals surface area contributed by atoms with Gasteiger partial charge in [0, 0.05) is 19.0 Å². The van der Waals surface area contributed by atoms with Crippen LogP contribution in [0.1, 0.15) is 42.5 Å². The SMILES string of the molecule is CC[C@H](C)NC(=O)[C@@H](Cc1ccccc1)N(Cc1ccccc1C)C(=O)CN(c1ccc(OC)cc1)S(=O)(=O)c1ccc(C)cc1. The Morgan fingerprint density at radius 3 is 2.09 bits per heavy atom. The first kappa shape index (κ1) is 34.2. The van der Waals surface area contributed by atoms with Crippen molar-refractivity contribution in [3.05, 3.63) is 125 Å². The number of anilines is 1. The highest BCUT2D eigenvalue weighted by atomic mass is 32.2. The molecule has 1 N–H and O–H groups in total. The zero-order valence-corrected chi connectivity index (χ0v) is 28.0. The van der Waals surface area contributed by atoms with Gasteiger partial charge < -0.3 is 15.0 Å². The minimum absolute atomic E-state index is 0.0579. The van der Waals surface area contributed by atoms with Crippen LogP contribution in [0, 0.1) is 13.8 Å².